The number of benzene rings is 1. The van der Waals surface area contributed by atoms with Crippen LogP contribution < -0.4 is 10.1 Å². The first kappa shape index (κ1) is 16.3. The molecule has 7 nitrogen and oxygen atoms in total. The van der Waals surface area contributed by atoms with E-state index in [1.165, 1.54) is 7.11 Å². The molecular formula is C14H13IN2O5. The van der Waals surface area contributed by atoms with Gasteiger partial charge in [-0.05, 0) is 46.4 Å². The molecule has 1 aromatic carbocycles. The van der Waals surface area contributed by atoms with Gasteiger partial charge in [-0.1, -0.05) is 6.07 Å². The molecule has 22 heavy (non-hydrogen) atoms. The molecule has 8 heteroatoms. The number of carbonyl (C=O) groups excluding carboxylic acids is 3. The van der Waals surface area contributed by atoms with E-state index in [2.05, 4.69) is 32.6 Å². The molecule has 1 aliphatic heterocycles. The standard InChI is InChI=1S/C14H13IN2O5/c1-21-11-4-3-8(5-9(11)15)6-10-13(19)17(14(20)16-10)7-12(18)22-2/h3-6H,7H2,1-2H3,(H,16,20)/b10-6+. The van der Waals surface area contributed by atoms with E-state index >= 15 is 0 Å². The van der Waals surface area contributed by atoms with Gasteiger partial charge in [0, 0.05) is 0 Å². The third-order valence-corrected chi connectivity index (χ3v) is 3.81. The average molecular weight is 416 g/mol. The van der Waals surface area contributed by atoms with Gasteiger partial charge in [-0.25, -0.2) is 9.69 Å². The Morgan fingerprint density at radius 3 is 2.68 bits per heavy atom. The van der Waals surface area contributed by atoms with Gasteiger partial charge in [0.15, 0.2) is 0 Å². The lowest BCUT2D eigenvalue weighted by atomic mass is 10.2. The molecule has 0 radical (unpaired) electrons. The van der Waals surface area contributed by atoms with Crippen molar-refractivity contribution >= 4 is 46.6 Å². The van der Waals surface area contributed by atoms with Crippen molar-refractivity contribution in [2.45, 2.75) is 0 Å². The van der Waals surface area contributed by atoms with E-state index in [0.29, 0.717) is 0 Å². The van der Waals surface area contributed by atoms with E-state index in [4.69, 9.17) is 4.74 Å². The summed E-state index contributed by atoms with van der Waals surface area (Å²) in [5.41, 5.74) is 0.837. The van der Waals surface area contributed by atoms with Crippen molar-refractivity contribution in [3.8, 4) is 5.75 Å². The smallest absolute Gasteiger partial charge is 0.329 e. The Bertz CT molecular complexity index is 671. The van der Waals surface area contributed by atoms with Crippen molar-refractivity contribution in [3.05, 3.63) is 33.0 Å². The summed E-state index contributed by atoms with van der Waals surface area (Å²) in [5.74, 6) is -0.512. The Hall–Kier alpha value is -2.10. The minimum absolute atomic E-state index is 0.106. The van der Waals surface area contributed by atoms with Gasteiger partial charge in [-0.3, -0.25) is 9.59 Å². The minimum Gasteiger partial charge on any atom is -0.496 e. The molecule has 1 aliphatic rings. The van der Waals surface area contributed by atoms with Crippen LogP contribution in [0.5, 0.6) is 5.75 Å². The number of rotatable bonds is 4. The van der Waals surface area contributed by atoms with Crippen LogP contribution in [0.3, 0.4) is 0 Å². The van der Waals surface area contributed by atoms with Gasteiger partial charge in [0.25, 0.3) is 5.91 Å². The number of imide groups is 1. The van der Waals surface area contributed by atoms with Crippen LogP contribution >= 0.6 is 22.6 Å². The van der Waals surface area contributed by atoms with Crippen molar-refractivity contribution in [2.75, 3.05) is 20.8 Å². The molecule has 0 saturated carbocycles. The summed E-state index contributed by atoms with van der Waals surface area (Å²) >= 11 is 2.11. The first-order chi connectivity index (χ1) is 10.5. The highest BCUT2D eigenvalue weighted by Crippen LogP contribution is 2.23. The fraction of sp³-hybridized carbons (Fsp3) is 0.214. The van der Waals surface area contributed by atoms with E-state index in [1.807, 2.05) is 6.07 Å². The summed E-state index contributed by atoms with van der Waals surface area (Å²) in [5, 5.41) is 2.44. The molecule has 1 saturated heterocycles. The molecule has 1 N–H and O–H groups in total. The summed E-state index contributed by atoms with van der Waals surface area (Å²) in [7, 11) is 2.76. The number of ether oxygens (including phenoxy) is 2. The number of esters is 1. The number of nitrogens with one attached hydrogen (secondary N) is 1. The van der Waals surface area contributed by atoms with Gasteiger partial charge in [0.05, 0.1) is 17.8 Å². The van der Waals surface area contributed by atoms with Gasteiger partial charge in [-0.2, -0.15) is 0 Å². The number of nitrogens with zero attached hydrogens (tertiary/aromatic N) is 1. The summed E-state index contributed by atoms with van der Waals surface area (Å²) in [6.07, 6.45) is 1.54. The molecule has 1 fully saturated rings. The van der Waals surface area contributed by atoms with Gasteiger partial charge < -0.3 is 14.8 Å². The summed E-state index contributed by atoms with van der Waals surface area (Å²) in [6.45, 7) is -0.418. The van der Waals surface area contributed by atoms with Gasteiger partial charge in [-0.15, -0.1) is 0 Å². The summed E-state index contributed by atoms with van der Waals surface area (Å²) < 4.78 is 10.5. The van der Waals surface area contributed by atoms with Crippen LogP contribution in [0.25, 0.3) is 6.08 Å². The zero-order valence-electron chi connectivity index (χ0n) is 11.9. The predicted molar refractivity (Wildman–Crippen MR) is 85.9 cm³/mol. The van der Waals surface area contributed by atoms with Crippen LogP contribution in [0.2, 0.25) is 0 Å². The van der Waals surface area contributed by atoms with E-state index in [-0.39, 0.29) is 5.70 Å². The molecular weight excluding hydrogens is 403 g/mol. The van der Waals surface area contributed by atoms with Crippen molar-refractivity contribution in [1.82, 2.24) is 10.2 Å². The Morgan fingerprint density at radius 2 is 2.09 bits per heavy atom. The fourth-order valence-corrected chi connectivity index (χ4v) is 2.61. The maximum absolute atomic E-state index is 12.1. The first-order valence-corrected chi connectivity index (χ1v) is 7.29. The number of carbonyl (C=O) groups is 3. The molecule has 0 bridgehead atoms. The average Bonchev–Trinajstić information content (AvgIpc) is 2.75. The third kappa shape index (κ3) is 3.38. The second-order valence-electron chi connectivity index (χ2n) is 4.35. The fourth-order valence-electron chi connectivity index (χ4n) is 1.85. The normalized spacial score (nSPS) is 16.0. The molecule has 2 rings (SSSR count). The number of halogens is 1. The molecule has 0 aromatic heterocycles. The maximum Gasteiger partial charge on any atom is 0.329 e. The van der Waals surface area contributed by atoms with Crippen molar-refractivity contribution in [2.24, 2.45) is 0 Å². The van der Waals surface area contributed by atoms with E-state index < -0.39 is 24.5 Å². The SMILES string of the molecule is COC(=O)CN1C(=O)N/C(=C/c2ccc(OC)c(I)c2)C1=O. The predicted octanol–water partition coefficient (Wildman–Crippen LogP) is 1.37. The second kappa shape index (κ2) is 6.77. The highest BCUT2D eigenvalue weighted by molar-refractivity contribution is 14.1. The van der Waals surface area contributed by atoms with Crippen LogP contribution in [-0.2, 0) is 14.3 Å². The van der Waals surface area contributed by atoms with Crippen molar-refractivity contribution < 1.29 is 23.9 Å². The van der Waals surface area contributed by atoms with Crippen LogP contribution in [0.4, 0.5) is 4.79 Å². The number of amides is 3. The molecule has 0 aliphatic carbocycles. The van der Waals surface area contributed by atoms with Crippen LogP contribution in [0.1, 0.15) is 5.56 Å². The van der Waals surface area contributed by atoms with E-state index in [0.717, 1.165) is 19.8 Å². The maximum atomic E-state index is 12.1. The lowest BCUT2D eigenvalue weighted by Crippen LogP contribution is -2.36. The van der Waals surface area contributed by atoms with Gasteiger partial charge >= 0.3 is 12.0 Å². The number of urea groups is 1. The van der Waals surface area contributed by atoms with E-state index in [1.54, 1.807) is 25.3 Å². The monoisotopic (exact) mass is 416 g/mol. The summed E-state index contributed by atoms with van der Waals surface area (Å²) in [6, 6.07) is 4.69. The second-order valence-corrected chi connectivity index (χ2v) is 5.51. The van der Waals surface area contributed by atoms with E-state index in [9.17, 15) is 14.4 Å². The van der Waals surface area contributed by atoms with Crippen LogP contribution in [0, 0.1) is 3.57 Å². The summed E-state index contributed by atoms with van der Waals surface area (Å²) in [4.78, 5) is 35.9. The Morgan fingerprint density at radius 1 is 1.36 bits per heavy atom. The van der Waals surface area contributed by atoms with Crippen molar-refractivity contribution in [3.63, 3.8) is 0 Å². The minimum atomic E-state index is -0.663. The zero-order chi connectivity index (χ0) is 16.3. The Kier molecular flexibility index (Phi) is 5.01. The number of hydrogen-bond donors (Lipinski definition) is 1. The first-order valence-electron chi connectivity index (χ1n) is 6.21. The zero-order valence-corrected chi connectivity index (χ0v) is 14.0. The lowest BCUT2D eigenvalue weighted by Gasteiger charge is -2.09. The van der Waals surface area contributed by atoms with Gasteiger partial charge in [0.2, 0.25) is 0 Å². The molecule has 0 atom stereocenters. The Balaban J connectivity index is 2.22. The topological polar surface area (TPSA) is 84.9 Å². The highest BCUT2D eigenvalue weighted by atomic mass is 127. The van der Waals surface area contributed by atoms with Crippen LogP contribution in [-0.4, -0.2) is 43.6 Å². The molecule has 1 heterocycles. The third-order valence-electron chi connectivity index (χ3n) is 2.96. The molecule has 3 amide bonds. The lowest BCUT2D eigenvalue weighted by molar-refractivity contribution is -0.143. The van der Waals surface area contributed by atoms with Crippen LogP contribution in [0.15, 0.2) is 23.9 Å². The largest absolute Gasteiger partial charge is 0.496 e. The quantitative estimate of drug-likeness (QED) is 0.347. The van der Waals surface area contributed by atoms with Crippen molar-refractivity contribution in [1.29, 1.82) is 0 Å². The molecule has 0 unspecified atom stereocenters. The van der Waals surface area contributed by atoms with Gasteiger partial charge in [0.1, 0.15) is 18.0 Å². The number of methoxy groups -OCH3 is 2. The molecule has 1 aromatic rings. The highest BCUT2D eigenvalue weighted by Gasteiger charge is 2.35. The Labute approximate surface area is 140 Å². The molecule has 116 valence electrons. The molecule has 0 spiro atoms. The number of hydrogen-bond acceptors (Lipinski definition) is 5.